The van der Waals surface area contributed by atoms with Gasteiger partial charge in [0.05, 0.1) is 0 Å². The smallest absolute Gasteiger partial charge is 0.223 e. The number of aromatic amines is 1. The number of aromatic nitrogens is 2. The summed E-state index contributed by atoms with van der Waals surface area (Å²) < 4.78 is 0. The van der Waals surface area contributed by atoms with Crippen LogP contribution in [0.1, 0.15) is 37.3 Å². The minimum atomic E-state index is 0.313. The SMILES string of the molecule is O=C(CC1C=CCC1)N1CCC(c2ccn[nH]2)C1. The van der Waals surface area contributed by atoms with Crippen molar-refractivity contribution in [2.24, 2.45) is 5.92 Å². The van der Waals surface area contributed by atoms with E-state index >= 15 is 0 Å². The normalized spacial score (nSPS) is 27.0. The van der Waals surface area contributed by atoms with Crippen LogP contribution in [-0.2, 0) is 4.79 Å². The molecule has 1 N–H and O–H groups in total. The molecule has 2 unspecified atom stereocenters. The molecule has 3 rings (SSSR count). The third-order valence-corrected chi connectivity index (χ3v) is 4.05. The molecule has 1 aromatic rings. The van der Waals surface area contributed by atoms with Crippen molar-refractivity contribution in [3.8, 4) is 0 Å². The van der Waals surface area contributed by atoms with Gasteiger partial charge in [0.15, 0.2) is 0 Å². The van der Waals surface area contributed by atoms with Crippen LogP contribution in [0.15, 0.2) is 24.4 Å². The van der Waals surface area contributed by atoms with E-state index in [0.29, 0.717) is 24.2 Å². The molecule has 1 amide bonds. The zero-order valence-corrected chi connectivity index (χ0v) is 10.5. The van der Waals surface area contributed by atoms with Crippen molar-refractivity contribution in [2.75, 3.05) is 13.1 Å². The van der Waals surface area contributed by atoms with Gasteiger partial charge in [0.1, 0.15) is 0 Å². The Labute approximate surface area is 107 Å². The van der Waals surface area contributed by atoms with Crippen LogP contribution in [0.25, 0.3) is 0 Å². The molecule has 2 atom stereocenters. The minimum absolute atomic E-state index is 0.313. The van der Waals surface area contributed by atoms with Gasteiger partial charge in [-0.3, -0.25) is 9.89 Å². The van der Waals surface area contributed by atoms with Crippen molar-refractivity contribution in [1.82, 2.24) is 15.1 Å². The number of H-pyrrole nitrogens is 1. The fourth-order valence-electron chi connectivity index (χ4n) is 2.95. The molecule has 0 aromatic carbocycles. The van der Waals surface area contributed by atoms with E-state index in [1.165, 1.54) is 0 Å². The van der Waals surface area contributed by atoms with Crippen molar-refractivity contribution in [3.05, 3.63) is 30.1 Å². The molecule has 1 saturated heterocycles. The first-order valence-electron chi connectivity index (χ1n) is 6.76. The number of carbonyl (C=O) groups excluding carboxylic acids is 1. The molecule has 1 fully saturated rings. The Hall–Kier alpha value is -1.58. The summed E-state index contributed by atoms with van der Waals surface area (Å²) in [4.78, 5) is 14.2. The highest BCUT2D eigenvalue weighted by Gasteiger charge is 2.29. The standard InChI is InChI=1S/C14H19N3O/c18-14(9-11-3-1-2-4-11)17-8-6-12(10-17)13-5-7-15-16-13/h1,3,5,7,11-12H,2,4,6,8-10H2,(H,15,16). The van der Waals surface area contributed by atoms with Crippen LogP contribution in [0.2, 0.25) is 0 Å². The minimum Gasteiger partial charge on any atom is -0.342 e. The fourth-order valence-corrected chi connectivity index (χ4v) is 2.95. The average molecular weight is 245 g/mol. The Balaban J connectivity index is 1.55. The summed E-state index contributed by atoms with van der Waals surface area (Å²) in [5.74, 6) is 1.23. The molecule has 1 aromatic heterocycles. The van der Waals surface area contributed by atoms with Gasteiger partial charge in [-0.15, -0.1) is 0 Å². The van der Waals surface area contributed by atoms with E-state index in [0.717, 1.165) is 38.0 Å². The monoisotopic (exact) mass is 245 g/mol. The van der Waals surface area contributed by atoms with Crippen LogP contribution in [0.5, 0.6) is 0 Å². The molecule has 18 heavy (non-hydrogen) atoms. The van der Waals surface area contributed by atoms with Crippen LogP contribution in [-0.4, -0.2) is 34.1 Å². The lowest BCUT2D eigenvalue weighted by Crippen LogP contribution is -2.29. The van der Waals surface area contributed by atoms with Crippen molar-refractivity contribution < 1.29 is 4.79 Å². The van der Waals surface area contributed by atoms with Gasteiger partial charge in [-0.25, -0.2) is 0 Å². The van der Waals surface area contributed by atoms with Gasteiger partial charge in [0, 0.05) is 37.3 Å². The van der Waals surface area contributed by atoms with Crippen molar-refractivity contribution >= 4 is 5.91 Å². The summed E-state index contributed by atoms with van der Waals surface area (Å²) in [7, 11) is 0. The third kappa shape index (κ3) is 2.33. The Kier molecular flexibility index (Phi) is 3.17. The maximum Gasteiger partial charge on any atom is 0.223 e. The van der Waals surface area contributed by atoms with Gasteiger partial charge in [0.2, 0.25) is 5.91 Å². The first kappa shape index (κ1) is 11.5. The van der Waals surface area contributed by atoms with Crippen molar-refractivity contribution in [1.29, 1.82) is 0 Å². The van der Waals surface area contributed by atoms with Gasteiger partial charge >= 0.3 is 0 Å². The Bertz CT molecular complexity index is 438. The molecule has 1 aliphatic carbocycles. The van der Waals surface area contributed by atoms with E-state index in [4.69, 9.17) is 0 Å². The first-order chi connectivity index (χ1) is 8.83. The van der Waals surface area contributed by atoms with Crippen LogP contribution >= 0.6 is 0 Å². The summed E-state index contributed by atoms with van der Waals surface area (Å²) in [5.41, 5.74) is 1.16. The highest BCUT2D eigenvalue weighted by Crippen LogP contribution is 2.28. The second-order valence-electron chi connectivity index (χ2n) is 5.31. The second-order valence-corrected chi connectivity index (χ2v) is 5.31. The molecule has 0 bridgehead atoms. The van der Waals surface area contributed by atoms with Crippen LogP contribution in [0.4, 0.5) is 0 Å². The Morgan fingerprint density at radius 2 is 2.44 bits per heavy atom. The number of rotatable bonds is 3. The lowest BCUT2D eigenvalue weighted by molar-refractivity contribution is -0.130. The van der Waals surface area contributed by atoms with Gasteiger partial charge in [-0.1, -0.05) is 12.2 Å². The molecule has 0 radical (unpaired) electrons. The van der Waals surface area contributed by atoms with Crippen LogP contribution in [0.3, 0.4) is 0 Å². The van der Waals surface area contributed by atoms with E-state index in [1.54, 1.807) is 6.20 Å². The predicted molar refractivity (Wildman–Crippen MR) is 69.0 cm³/mol. The molecule has 2 heterocycles. The maximum atomic E-state index is 12.2. The molecular weight excluding hydrogens is 226 g/mol. The summed E-state index contributed by atoms with van der Waals surface area (Å²) >= 11 is 0. The highest BCUT2D eigenvalue weighted by molar-refractivity contribution is 5.77. The molecule has 0 spiro atoms. The van der Waals surface area contributed by atoms with Gasteiger partial charge < -0.3 is 4.90 Å². The topological polar surface area (TPSA) is 49.0 Å². The van der Waals surface area contributed by atoms with E-state index in [-0.39, 0.29) is 0 Å². The molecule has 96 valence electrons. The van der Waals surface area contributed by atoms with E-state index < -0.39 is 0 Å². The predicted octanol–water partition coefficient (Wildman–Crippen LogP) is 2.08. The molecule has 4 nitrogen and oxygen atoms in total. The zero-order valence-electron chi connectivity index (χ0n) is 10.5. The molecule has 1 aliphatic heterocycles. The number of likely N-dealkylation sites (tertiary alicyclic amines) is 1. The number of nitrogens with one attached hydrogen (secondary N) is 1. The second kappa shape index (κ2) is 4.96. The molecule has 0 saturated carbocycles. The number of hydrogen-bond donors (Lipinski definition) is 1. The number of nitrogens with zero attached hydrogens (tertiary/aromatic N) is 2. The Morgan fingerprint density at radius 3 is 3.17 bits per heavy atom. The van der Waals surface area contributed by atoms with Crippen molar-refractivity contribution in [3.63, 3.8) is 0 Å². The number of carbonyl (C=O) groups is 1. The average Bonchev–Trinajstić information content (AvgIpc) is 3.11. The Morgan fingerprint density at radius 1 is 1.50 bits per heavy atom. The van der Waals surface area contributed by atoms with Crippen LogP contribution in [0, 0.1) is 5.92 Å². The maximum absolute atomic E-state index is 12.2. The van der Waals surface area contributed by atoms with E-state index in [2.05, 4.69) is 22.3 Å². The summed E-state index contributed by atoms with van der Waals surface area (Å²) in [6.45, 7) is 1.73. The van der Waals surface area contributed by atoms with Crippen molar-refractivity contribution in [2.45, 2.75) is 31.6 Å². The largest absolute Gasteiger partial charge is 0.342 e. The first-order valence-corrected chi connectivity index (χ1v) is 6.76. The summed E-state index contributed by atoms with van der Waals surface area (Å²) in [5, 5.41) is 6.99. The fraction of sp³-hybridized carbons (Fsp3) is 0.571. The molecular formula is C14H19N3O. The van der Waals surface area contributed by atoms with Gasteiger partial charge in [0.25, 0.3) is 0 Å². The van der Waals surface area contributed by atoms with Gasteiger partial charge in [-0.2, -0.15) is 5.10 Å². The summed E-state index contributed by atoms with van der Waals surface area (Å²) in [6.07, 6.45) is 10.2. The van der Waals surface area contributed by atoms with Gasteiger partial charge in [-0.05, 0) is 31.2 Å². The lowest BCUT2D eigenvalue weighted by atomic mass is 10.0. The zero-order chi connectivity index (χ0) is 12.4. The number of hydrogen-bond acceptors (Lipinski definition) is 2. The molecule has 2 aliphatic rings. The van der Waals surface area contributed by atoms with E-state index in [9.17, 15) is 4.79 Å². The number of amides is 1. The third-order valence-electron chi connectivity index (χ3n) is 4.05. The summed E-state index contributed by atoms with van der Waals surface area (Å²) in [6, 6.07) is 2.01. The van der Waals surface area contributed by atoms with E-state index in [1.807, 2.05) is 11.0 Å². The quantitative estimate of drug-likeness (QED) is 0.829. The van der Waals surface area contributed by atoms with Crippen LogP contribution < -0.4 is 0 Å². The number of allylic oxidation sites excluding steroid dienone is 2. The lowest BCUT2D eigenvalue weighted by Gasteiger charge is -2.18. The molecule has 4 heteroatoms. The highest BCUT2D eigenvalue weighted by atomic mass is 16.2.